The number of nitrogens with zero attached hydrogens (tertiary/aromatic N) is 1. The monoisotopic (exact) mass is 383 g/mol. The smallest absolute Gasteiger partial charge is 0.309 e. The molecule has 6 nitrogen and oxygen atoms in total. The molecule has 0 radical (unpaired) electrons. The van der Waals surface area contributed by atoms with Crippen molar-refractivity contribution in [2.45, 2.75) is 13.3 Å². The van der Waals surface area contributed by atoms with Crippen LogP contribution in [0.1, 0.15) is 23.6 Å². The van der Waals surface area contributed by atoms with Crippen molar-refractivity contribution in [2.24, 2.45) is 0 Å². The van der Waals surface area contributed by atoms with Crippen LogP contribution in [-0.4, -0.2) is 32.0 Å². The second kappa shape index (κ2) is 7.64. The zero-order chi connectivity index (χ0) is 20.4. The zero-order valence-corrected chi connectivity index (χ0v) is 15.6. The summed E-state index contributed by atoms with van der Waals surface area (Å²) in [4.78, 5) is 37.2. The summed E-state index contributed by atoms with van der Waals surface area (Å²) in [5.74, 6) is -1.76. The Morgan fingerprint density at radius 3 is 2.29 bits per heavy atom. The van der Waals surface area contributed by atoms with Gasteiger partial charge in [-0.15, -0.1) is 0 Å². The summed E-state index contributed by atoms with van der Waals surface area (Å²) >= 11 is 0. The van der Waals surface area contributed by atoms with Gasteiger partial charge in [0.05, 0.1) is 31.9 Å². The molecule has 0 N–H and O–H groups in total. The predicted molar refractivity (Wildman–Crippen MR) is 101 cm³/mol. The summed E-state index contributed by atoms with van der Waals surface area (Å²) in [5, 5.41) is 0. The SMILES string of the molecule is COC(=O)Cc1ccc(C(OC)=C2C(=O)N(C(C)=O)c3cc(F)ccc32)cc1. The summed E-state index contributed by atoms with van der Waals surface area (Å²) in [5.41, 5.74) is 2.09. The van der Waals surface area contributed by atoms with E-state index in [1.54, 1.807) is 24.3 Å². The van der Waals surface area contributed by atoms with Gasteiger partial charge in [-0.2, -0.15) is 0 Å². The van der Waals surface area contributed by atoms with E-state index < -0.39 is 17.6 Å². The zero-order valence-electron chi connectivity index (χ0n) is 15.6. The maximum Gasteiger partial charge on any atom is 0.309 e. The molecule has 0 fully saturated rings. The lowest BCUT2D eigenvalue weighted by Gasteiger charge is -2.13. The highest BCUT2D eigenvalue weighted by Gasteiger charge is 2.38. The summed E-state index contributed by atoms with van der Waals surface area (Å²) in [6.07, 6.45) is 0.120. The standard InChI is InChI=1S/C21H18FNO5/c1-12(24)23-17-11-15(22)8-9-16(17)19(21(23)26)20(28-3)14-6-4-13(5-7-14)10-18(25)27-2/h4-9,11H,10H2,1-3H3. The first kappa shape index (κ1) is 19.3. The number of fused-ring (bicyclic) bond motifs is 1. The van der Waals surface area contributed by atoms with Crippen LogP contribution in [0.25, 0.3) is 11.3 Å². The number of hydrogen-bond acceptors (Lipinski definition) is 5. The van der Waals surface area contributed by atoms with Crippen LogP contribution >= 0.6 is 0 Å². The van der Waals surface area contributed by atoms with Crippen LogP contribution in [0, 0.1) is 5.82 Å². The van der Waals surface area contributed by atoms with Crippen molar-refractivity contribution in [2.75, 3.05) is 19.1 Å². The second-order valence-corrected chi connectivity index (χ2v) is 6.18. The van der Waals surface area contributed by atoms with Crippen molar-refractivity contribution in [3.05, 3.63) is 65.0 Å². The maximum atomic E-state index is 13.7. The first-order valence-electron chi connectivity index (χ1n) is 8.46. The van der Waals surface area contributed by atoms with Crippen molar-refractivity contribution in [1.29, 1.82) is 0 Å². The molecule has 0 aromatic heterocycles. The number of imide groups is 1. The summed E-state index contributed by atoms with van der Waals surface area (Å²) in [6, 6.07) is 10.7. The third-order valence-electron chi connectivity index (χ3n) is 4.43. The van der Waals surface area contributed by atoms with Crippen LogP contribution in [0.2, 0.25) is 0 Å². The summed E-state index contributed by atoms with van der Waals surface area (Å²) < 4.78 is 23.8. The Labute approximate surface area is 161 Å². The lowest BCUT2D eigenvalue weighted by molar-refractivity contribution is -0.139. The summed E-state index contributed by atoms with van der Waals surface area (Å²) in [6.45, 7) is 1.24. The van der Waals surface area contributed by atoms with Gasteiger partial charge < -0.3 is 9.47 Å². The Bertz CT molecular complexity index is 994. The minimum Gasteiger partial charge on any atom is -0.495 e. The van der Waals surface area contributed by atoms with E-state index in [9.17, 15) is 18.8 Å². The molecule has 0 bridgehead atoms. The molecule has 1 aliphatic rings. The van der Waals surface area contributed by atoms with Crippen LogP contribution in [0.5, 0.6) is 0 Å². The van der Waals surface area contributed by atoms with Gasteiger partial charge in [-0.25, -0.2) is 9.29 Å². The summed E-state index contributed by atoms with van der Waals surface area (Å²) in [7, 11) is 2.73. The van der Waals surface area contributed by atoms with Crippen molar-refractivity contribution >= 4 is 34.8 Å². The van der Waals surface area contributed by atoms with Gasteiger partial charge in [0.2, 0.25) is 5.91 Å². The number of rotatable bonds is 4. The molecule has 0 unspecified atom stereocenters. The first-order chi connectivity index (χ1) is 13.4. The average molecular weight is 383 g/mol. The fourth-order valence-electron chi connectivity index (χ4n) is 3.15. The average Bonchev–Trinajstić information content (AvgIpc) is 2.95. The number of benzene rings is 2. The van der Waals surface area contributed by atoms with Gasteiger partial charge >= 0.3 is 5.97 Å². The minimum atomic E-state index is -0.580. The van der Waals surface area contributed by atoms with Crippen molar-refractivity contribution in [1.82, 2.24) is 0 Å². The maximum absolute atomic E-state index is 13.7. The Balaban J connectivity index is 2.11. The molecule has 28 heavy (non-hydrogen) atoms. The van der Waals surface area contributed by atoms with Gasteiger partial charge in [0.1, 0.15) is 11.6 Å². The number of amides is 2. The molecule has 0 saturated heterocycles. The van der Waals surface area contributed by atoms with Crippen molar-refractivity contribution in [3.8, 4) is 0 Å². The number of carbonyl (C=O) groups is 3. The van der Waals surface area contributed by atoms with Gasteiger partial charge in [0.25, 0.3) is 5.91 Å². The Kier molecular flexibility index (Phi) is 5.26. The number of carbonyl (C=O) groups excluding carboxylic acids is 3. The number of esters is 1. The molecule has 0 atom stereocenters. The molecule has 1 heterocycles. The lowest BCUT2D eigenvalue weighted by atomic mass is 10.0. The van der Waals surface area contributed by atoms with Gasteiger partial charge in [-0.1, -0.05) is 24.3 Å². The number of halogens is 1. The van der Waals surface area contributed by atoms with E-state index in [1.165, 1.54) is 33.3 Å². The third-order valence-corrected chi connectivity index (χ3v) is 4.43. The van der Waals surface area contributed by atoms with Gasteiger partial charge in [-0.05, 0) is 23.8 Å². The molecule has 2 aromatic carbocycles. The van der Waals surface area contributed by atoms with Crippen LogP contribution in [-0.2, 0) is 30.3 Å². The molecule has 3 rings (SSSR count). The molecule has 144 valence electrons. The topological polar surface area (TPSA) is 72.9 Å². The predicted octanol–water partition coefficient (Wildman–Crippen LogP) is 2.95. The first-order valence-corrected chi connectivity index (χ1v) is 8.46. The highest BCUT2D eigenvalue weighted by molar-refractivity contribution is 6.42. The Morgan fingerprint density at radius 2 is 1.71 bits per heavy atom. The molecule has 0 saturated carbocycles. The molecule has 0 aliphatic carbocycles. The molecular weight excluding hydrogens is 365 g/mol. The van der Waals surface area contributed by atoms with Crippen molar-refractivity contribution in [3.63, 3.8) is 0 Å². The molecule has 0 spiro atoms. The second-order valence-electron chi connectivity index (χ2n) is 6.18. The highest BCUT2D eigenvalue weighted by Crippen LogP contribution is 2.41. The van der Waals surface area contributed by atoms with Crippen LogP contribution in [0.3, 0.4) is 0 Å². The van der Waals surface area contributed by atoms with Crippen LogP contribution < -0.4 is 4.90 Å². The van der Waals surface area contributed by atoms with Crippen molar-refractivity contribution < 1.29 is 28.2 Å². The molecule has 2 aromatic rings. The normalized spacial score (nSPS) is 14.6. The van der Waals surface area contributed by atoms with E-state index in [2.05, 4.69) is 4.74 Å². The fourth-order valence-corrected chi connectivity index (χ4v) is 3.15. The number of hydrogen-bond donors (Lipinski definition) is 0. The highest BCUT2D eigenvalue weighted by atomic mass is 19.1. The van der Waals surface area contributed by atoms with E-state index in [0.29, 0.717) is 11.1 Å². The number of anilines is 1. The number of ether oxygens (including phenoxy) is 2. The third kappa shape index (κ3) is 3.38. The Morgan fingerprint density at radius 1 is 1.04 bits per heavy atom. The fraction of sp³-hybridized carbons (Fsp3) is 0.190. The van der Waals surface area contributed by atoms with E-state index in [1.807, 2.05) is 0 Å². The molecular formula is C21H18FNO5. The Hall–Kier alpha value is -3.48. The molecule has 7 heteroatoms. The van der Waals surface area contributed by atoms with Crippen LogP contribution in [0.15, 0.2) is 42.5 Å². The van der Waals surface area contributed by atoms with E-state index in [0.717, 1.165) is 16.5 Å². The molecule has 1 aliphatic heterocycles. The van der Waals surface area contributed by atoms with Gasteiger partial charge in [0.15, 0.2) is 0 Å². The van der Waals surface area contributed by atoms with E-state index in [-0.39, 0.29) is 29.4 Å². The largest absolute Gasteiger partial charge is 0.495 e. The van der Waals surface area contributed by atoms with E-state index in [4.69, 9.17) is 4.74 Å². The quantitative estimate of drug-likeness (QED) is 0.461. The van der Waals surface area contributed by atoms with Gasteiger partial charge in [0, 0.05) is 18.1 Å². The van der Waals surface area contributed by atoms with E-state index >= 15 is 0 Å². The minimum absolute atomic E-state index is 0.120. The van der Waals surface area contributed by atoms with Gasteiger partial charge in [-0.3, -0.25) is 14.4 Å². The van der Waals surface area contributed by atoms with Crippen LogP contribution in [0.4, 0.5) is 10.1 Å². The lowest BCUT2D eigenvalue weighted by Crippen LogP contribution is -2.31. The number of methoxy groups -OCH3 is 2. The molecule has 2 amide bonds.